The van der Waals surface area contributed by atoms with E-state index < -0.39 is 9.76 Å². The van der Waals surface area contributed by atoms with Gasteiger partial charge in [-0.2, -0.15) is 0 Å². The molecule has 0 aliphatic heterocycles. The van der Waals surface area contributed by atoms with Crippen molar-refractivity contribution in [3.63, 3.8) is 0 Å². The van der Waals surface area contributed by atoms with E-state index in [-0.39, 0.29) is 6.30 Å². The summed E-state index contributed by atoms with van der Waals surface area (Å²) in [5, 5.41) is 0. The molecular formula is CH7FOSi2. The number of alkyl halides is 1. The first kappa shape index (κ1) is 5.32. The van der Waals surface area contributed by atoms with Crippen LogP contribution in [0.25, 0.3) is 0 Å². The van der Waals surface area contributed by atoms with Crippen molar-refractivity contribution in [2.75, 3.05) is 6.30 Å². The maximum Gasteiger partial charge on any atom is 0.178 e. The van der Waals surface area contributed by atoms with Gasteiger partial charge in [0, 0.05) is 0 Å². The fourth-order valence-corrected chi connectivity index (χ4v) is 0.694. The molecule has 5 heavy (non-hydrogen) atoms. The van der Waals surface area contributed by atoms with Gasteiger partial charge < -0.3 is 4.12 Å². The Bertz CT molecular complexity index is 17.1. The lowest BCUT2D eigenvalue weighted by Gasteiger charge is -1.81. The van der Waals surface area contributed by atoms with Crippen LogP contribution in [0.3, 0.4) is 0 Å². The first-order chi connectivity index (χ1) is 2.41. The lowest BCUT2D eigenvalue weighted by molar-refractivity contribution is 0.546. The summed E-state index contributed by atoms with van der Waals surface area (Å²) in [6.07, 6.45) is -0.205. The van der Waals surface area contributed by atoms with Crippen molar-refractivity contribution in [1.82, 2.24) is 0 Å². The van der Waals surface area contributed by atoms with E-state index in [4.69, 9.17) is 0 Å². The molecule has 0 bridgehead atoms. The van der Waals surface area contributed by atoms with E-state index in [1.165, 1.54) is 0 Å². The van der Waals surface area contributed by atoms with Crippen molar-refractivity contribution < 1.29 is 8.51 Å². The fourth-order valence-electron chi connectivity index (χ4n) is 0.0772. The van der Waals surface area contributed by atoms with Crippen LogP contribution in [0.4, 0.5) is 4.39 Å². The SMILES string of the molecule is FC[SiH2]O[SiH3]. The predicted octanol–water partition coefficient (Wildman–Crippen LogP) is -1.71. The Morgan fingerprint density at radius 2 is 2.60 bits per heavy atom. The van der Waals surface area contributed by atoms with Gasteiger partial charge in [0.05, 0.1) is 0 Å². The number of hydrogen-bond donors (Lipinski definition) is 0. The van der Waals surface area contributed by atoms with Gasteiger partial charge in [-0.3, -0.25) is 4.39 Å². The Labute approximate surface area is 36.0 Å². The molecule has 0 amide bonds. The van der Waals surface area contributed by atoms with Crippen LogP contribution in [-0.4, -0.2) is 26.5 Å². The molecule has 0 radical (unpaired) electrons. The highest BCUT2D eigenvalue weighted by molar-refractivity contribution is 6.33. The highest BCUT2D eigenvalue weighted by Gasteiger charge is 1.72. The van der Waals surface area contributed by atoms with Crippen LogP contribution in [0.2, 0.25) is 0 Å². The summed E-state index contributed by atoms with van der Waals surface area (Å²) in [5.74, 6) is 0. The second kappa shape index (κ2) is 4.32. The molecule has 0 saturated heterocycles. The van der Waals surface area contributed by atoms with E-state index in [1.807, 2.05) is 0 Å². The van der Waals surface area contributed by atoms with Crippen molar-refractivity contribution in [2.24, 2.45) is 0 Å². The minimum absolute atomic E-state index is 0.205. The number of hydrogen-bond acceptors (Lipinski definition) is 1. The molecule has 0 aliphatic rings. The molecule has 0 aromatic rings. The zero-order valence-corrected chi connectivity index (χ0v) is 6.61. The minimum Gasteiger partial charge on any atom is -0.466 e. The average Bonchev–Trinajstić information content (AvgIpc) is 1.41. The lowest BCUT2D eigenvalue weighted by atomic mass is 11.8. The van der Waals surface area contributed by atoms with Crippen LogP contribution >= 0.6 is 0 Å². The van der Waals surface area contributed by atoms with Gasteiger partial charge in [-0.25, -0.2) is 0 Å². The van der Waals surface area contributed by atoms with Gasteiger partial charge >= 0.3 is 0 Å². The van der Waals surface area contributed by atoms with Crippen molar-refractivity contribution in [3.8, 4) is 0 Å². The van der Waals surface area contributed by atoms with E-state index in [0.29, 0.717) is 0 Å². The third-order valence-corrected chi connectivity index (χ3v) is 2.07. The normalized spacial score (nSPS) is 11.4. The summed E-state index contributed by atoms with van der Waals surface area (Å²) >= 11 is 0. The van der Waals surface area contributed by atoms with Gasteiger partial charge in [-0.1, -0.05) is 0 Å². The zero-order chi connectivity index (χ0) is 4.12. The molecule has 0 heterocycles. The van der Waals surface area contributed by atoms with E-state index in [2.05, 4.69) is 4.12 Å². The van der Waals surface area contributed by atoms with Crippen LogP contribution in [0.5, 0.6) is 0 Å². The monoisotopic (exact) mass is 110 g/mol. The largest absolute Gasteiger partial charge is 0.466 e. The summed E-state index contributed by atoms with van der Waals surface area (Å²) in [6, 6.07) is 0. The topological polar surface area (TPSA) is 9.23 Å². The third kappa shape index (κ3) is 4.32. The van der Waals surface area contributed by atoms with E-state index in [9.17, 15) is 4.39 Å². The molecule has 32 valence electrons. The second-order valence-electron chi connectivity index (χ2n) is 0.682. The Morgan fingerprint density at radius 3 is 2.60 bits per heavy atom. The fraction of sp³-hybridized carbons (Fsp3) is 1.00. The smallest absolute Gasteiger partial charge is 0.178 e. The standard InChI is InChI=1S/CH7FOSi2/c2-1-5-3-4/h1,5H2,4H3. The Morgan fingerprint density at radius 1 is 2.00 bits per heavy atom. The van der Waals surface area contributed by atoms with Gasteiger partial charge in [0.15, 0.2) is 9.76 Å². The highest BCUT2D eigenvalue weighted by Crippen LogP contribution is 1.58. The maximum atomic E-state index is 11.0. The Kier molecular flexibility index (Phi) is 4.60. The highest BCUT2D eigenvalue weighted by atomic mass is 28.3. The number of halogens is 1. The molecule has 0 aliphatic carbocycles. The average molecular weight is 110 g/mol. The van der Waals surface area contributed by atoms with Crippen molar-refractivity contribution in [2.45, 2.75) is 0 Å². The molecule has 0 aromatic heterocycles. The second-order valence-corrected chi connectivity index (χ2v) is 3.78. The van der Waals surface area contributed by atoms with Crippen molar-refractivity contribution in [1.29, 1.82) is 0 Å². The quantitative estimate of drug-likeness (QED) is 0.385. The van der Waals surface area contributed by atoms with Crippen LogP contribution in [0.15, 0.2) is 0 Å². The van der Waals surface area contributed by atoms with E-state index in [0.717, 1.165) is 10.5 Å². The molecule has 0 atom stereocenters. The summed E-state index contributed by atoms with van der Waals surface area (Å²) in [5.41, 5.74) is 0. The van der Waals surface area contributed by atoms with Gasteiger partial charge in [0.25, 0.3) is 0 Å². The molecular weight excluding hydrogens is 103 g/mol. The first-order valence-corrected chi connectivity index (χ1v) is 3.86. The summed E-state index contributed by atoms with van der Waals surface area (Å²) in [6.45, 7) is 0. The lowest BCUT2D eigenvalue weighted by Crippen LogP contribution is -1.95. The van der Waals surface area contributed by atoms with E-state index >= 15 is 0 Å². The molecule has 0 unspecified atom stereocenters. The Hall–Kier alpha value is 0.324. The van der Waals surface area contributed by atoms with Gasteiger partial charge in [0.1, 0.15) is 16.8 Å². The molecule has 0 saturated carbocycles. The number of rotatable bonds is 2. The Balaban J connectivity index is 2.19. The van der Waals surface area contributed by atoms with Gasteiger partial charge in [0.2, 0.25) is 0 Å². The molecule has 0 spiro atoms. The summed E-state index contributed by atoms with van der Waals surface area (Å²) in [4.78, 5) is 0. The molecule has 0 fully saturated rings. The predicted molar refractivity (Wildman–Crippen MR) is 25.5 cm³/mol. The minimum atomic E-state index is -0.673. The van der Waals surface area contributed by atoms with Crippen LogP contribution in [0.1, 0.15) is 0 Å². The van der Waals surface area contributed by atoms with Gasteiger partial charge in [-0.05, 0) is 0 Å². The molecule has 0 aromatic carbocycles. The first-order valence-electron chi connectivity index (χ1n) is 1.46. The van der Waals surface area contributed by atoms with Crippen LogP contribution < -0.4 is 0 Å². The van der Waals surface area contributed by atoms with E-state index in [1.54, 1.807) is 0 Å². The molecule has 0 N–H and O–H groups in total. The van der Waals surface area contributed by atoms with Crippen LogP contribution in [0, 0.1) is 0 Å². The third-order valence-electron chi connectivity index (χ3n) is 0.281. The molecule has 1 nitrogen and oxygen atoms in total. The summed E-state index contributed by atoms with van der Waals surface area (Å²) < 4.78 is 15.5. The maximum absolute atomic E-state index is 11.0. The van der Waals surface area contributed by atoms with Crippen LogP contribution in [-0.2, 0) is 4.12 Å². The molecule has 4 heteroatoms. The van der Waals surface area contributed by atoms with Crippen molar-refractivity contribution >= 4 is 20.2 Å². The molecule has 0 rings (SSSR count). The van der Waals surface area contributed by atoms with Gasteiger partial charge in [-0.15, -0.1) is 0 Å². The summed E-state index contributed by atoms with van der Waals surface area (Å²) in [7, 11) is 0.0476. The van der Waals surface area contributed by atoms with Crippen molar-refractivity contribution in [3.05, 3.63) is 0 Å². The zero-order valence-electron chi connectivity index (χ0n) is 3.20.